The standard InChI is InChI=1S/C17H22N2O/c18-14-17(11-5-2-6-12-17)16(20)19-13-7-10-15-8-3-1-4-9-15/h1,3-4,8-9H,2,5-7,10-13H2,(H,19,20). The normalized spacial score (nSPS) is 17.1. The molecule has 20 heavy (non-hydrogen) atoms. The average molecular weight is 270 g/mol. The molecular formula is C17H22N2O. The molecule has 1 fully saturated rings. The number of carbonyl (C=O) groups excluding carboxylic acids is 1. The Morgan fingerprint density at radius 2 is 1.90 bits per heavy atom. The largest absolute Gasteiger partial charge is 0.355 e. The maximum atomic E-state index is 12.2. The summed E-state index contributed by atoms with van der Waals surface area (Å²) in [4.78, 5) is 12.2. The zero-order chi connectivity index (χ0) is 14.3. The van der Waals surface area contributed by atoms with E-state index in [2.05, 4.69) is 23.5 Å². The third kappa shape index (κ3) is 3.60. The van der Waals surface area contributed by atoms with Crippen LogP contribution in [0.2, 0.25) is 0 Å². The number of carbonyl (C=O) groups is 1. The van der Waals surface area contributed by atoms with Gasteiger partial charge in [0.05, 0.1) is 6.07 Å². The van der Waals surface area contributed by atoms with Crippen LogP contribution in [-0.4, -0.2) is 12.5 Å². The molecule has 0 radical (unpaired) electrons. The van der Waals surface area contributed by atoms with Crippen molar-refractivity contribution in [2.24, 2.45) is 5.41 Å². The number of aryl methyl sites for hydroxylation is 1. The van der Waals surface area contributed by atoms with Crippen LogP contribution in [0.15, 0.2) is 30.3 Å². The second-order valence-electron chi connectivity index (χ2n) is 5.60. The minimum absolute atomic E-state index is 0.0623. The number of benzene rings is 1. The zero-order valence-corrected chi connectivity index (χ0v) is 11.9. The van der Waals surface area contributed by atoms with E-state index >= 15 is 0 Å². The number of rotatable bonds is 5. The Morgan fingerprint density at radius 3 is 2.55 bits per heavy atom. The smallest absolute Gasteiger partial charge is 0.240 e. The van der Waals surface area contributed by atoms with E-state index in [9.17, 15) is 10.1 Å². The van der Waals surface area contributed by atoms with Crippen molar-refractivity contribution in [2.75, 3.05) is 6.54 Å². The fourth-order valence-electron chi connectivity index (χ4n) is 2.85. The van der Waals surface area contributed by atoms with E-state index in [0.717, 1.165) is 32.1 Å². The maximum Gasteiger partial charge on any atom is 0.240 e. The lowest BCUT2D eigenvalue weighted by molar-refractivity contribution is -0.129. The summed E-state index contributed by atoms with van der Waals surface area (Å²) < 4.78 is 0. The van der Waals surface area contributed by atoms with Crippen LogP contribution in [0.3, 0.4) is 0 Å². The molecule has 1 amide bonds. The molecule has 1 aliphatic carbocycles. The summed E-state index contributed by atoms with van der Waals surface area (Å²) in [6.07, 6.45) is 6.43. The van der Waals surface area contributed by atoms with Gasteiger partial charge in [-0.3, -0.25) is 4.79 Å². The van der Waals surface area contributed by atoms with Gasteiger partial charge in [0.1, 0.15) is 5.41 Å². The predicted octanol–water partition coefficient (Wildman–Crippen LogP) is 3.21. The lowest BCUT2D eigenvalue weighted by atomic mass is 9.74. The van der Waals surface area contributed by atoms with Crippen molar-refractivity contribution in [2.45, 2.75) is 44.9 Å². The molecule has 1 aromatic rings. The van der Waals surface area contributed by atoms with E-state index in [0.29, 0.717) is 19.4 Å². The van der Waals surface area contributed by atoms with Gasteiger partial charge in [-0.1, -0.05) is 49.6 Å². The highest BCUT2D eigenvalue weighted by atomic mass is 16.2. The van der Waals surface area contributed by atoms with Gasteiger partial charge in [0.25, 0.3) is 0 Å². The molecule has 0 heterocycles. The fourth-order valence-corrected chi connectivity index (χ4v) is 2.85. The minimum atomic E-state index is -0.759. The lowest BCUT2D eigenvalue weighted by Gasteiger charge is -2.29. The number of nitrogens with zero attached hydrogens (tertiary/aromatic N) is 1. The molecule has 1 saturated carbocycles. The van der Waals surface area contributed by atoms with Crippen LogP contribution in [0.5, 0.6) is 0 Å². The summed E-state index contributed by atoms with van der Waals surface area (Å²) >= 11 is 0. The molecule has 0 saturated heterocycles. The van der Waals surface area contributed by atoms with E-state index in [1.807, 2.05) is 18.2 Å². The molecule has 106 valence electrons. The molecule has 2 rings (SSSR count). The van der Waals surface area contributed by atoms with Gasteiger partial charge in [-0.05, 0) is 31.2 Å². The zero-order valence-electron chi connectivity index (χ0n) is 11.9. The van der Waals surface area contributed by atoms with E-state index in [1.54, 1.807) is 0 Å². The Labute approximate surface area is 121 Å². The summed E-state index contributed by atoms with van der Waals surface area (Å²) in [5.74, 6) is -0.0623. The molecule has 1 N–H and O–H groups in total. The molecule has 0 aromatic heterocycles. The number of nitriles is 1. The van der Waals surface area contributed by atoms with Gasteiger partial charge >= 0.3 is 0 Å². The Balaban J connectivity index is 1.76. The van der Waals surface area contributed by atoms with Crippen molar-refractivity contribution in [3.05, 3.63) is 35.9 Å². The molecule has 0 unspecified atom stereocenters. The molecule has 3 nitrogen and oxygen atoms in total. The van der Waals surface area contributed by atoms with Gasteiger partial charge in [-0.2, -0.15) is 5.26 Å². The number of amides is 1. The van der Waals surface area contributed by atoms with Gasteiger partial charge in [0.15, 0.2) is 0 Å². The van der Waals surface area contributed by atoms with Crippen LogP contribution < -0.4 is 5.32 Å². The molecular weight excluding hydrogens is 248 g/mol. The van der Waals surface area contributed by atoms with Gasteiger partial charge in [-0.15, -0.1) is 0 Å². The monoisotopic (exact) mass is 270 g/mol. The molecule has 3 heteroatoms. The molecule has 1 aromatic carbocycles. The summed E-state index contributed by atoms with van der Waals surface area (Å²) in [7, 11) is 0. The van der Waals surface area contributed by atoms with Crippen LogP contribution >= 0.6 is 0 Å². The highest BCUT2D eigenvalue weighted by Gasteiger charge is 2.39. The summed E-state index contributed by atoms with van der Waals surface area (Å²) in [5.41, 5.74) is 0.528. The van der Waals surface area contributed by atoms with Crippen molar-refractivity contribution in [1.29, 1.82) is 5.26 Å². The first kappa shape index (κ1) is 14.6. The topological polar surface area (TPSA) is 52.9 Å². The minimum Gasteiger partial charge on any atom is -0.355 e. The average Bonchev–Trinajstić information content (AvgIpc) is 2.53. The maximum absolute atomic E-state index is 12.2. The van der Waals surface area contributed by atoms with E-state index in [4.69, 9.17) is 0 Å². The molecule has 0 atom stereocenters. The Bertz CT molecular complexity index is 470. The lowest BCUT2D eigenvalue weighted by Crippen LogP contribution is -2.41. The van der Waals surface area contributed by atoms with E-state index in [-0.39, 0.29) is 5.91 Å². The first-order valence-electron chi connectivity index (χ1n) is 7.50. The van der Waals surface area contributed by atoms with Crippen molar-refractivity contribution < 1.29 is 4.79 Å². The quantitative estimate of drug-likeness (QED) is 0.835. The van der Waals surface area contributed by atoms with Gasteiger partial charge in [0, 0.05) is 6.54 Å². The van der Waals surface area contributed by atoms with Crippen LogP contribution in [0, 0.1) is 16.7 Å². The molecule has 0 aliphatic heterocycles. The highest BCUT2D eigenvalue weighted by Crippen LogP contribution is 2.35. The van der Waals surface area contributed by atoms with Crippen molar-refractivity contribution in [1.82, 2.24) is 5.32 Å². The van der Waals surface area contributed by atoms with Gasteiger partial charge in [-0.25, -0.2) is 0 Å². The SMILES string of the molecule is N#CC1(C(=O)NCCCc2ccccc2)CCCCC1. The third-order valence-electron chi connectivity index (χ3n) is 4.13. The van der Waals surface area contributed by atoms with Crippen LogP contribution in [0.1, 0.15) is 44.1 Å². The summed E-state index contributed by atoms with van der Waals surface area (Å²) in [6.45, 7) is 0.650. The first-order chi connectivity index (χ1) is 9.77. The van der Waals surface area contributed by atoms with Crippen LogP contribution in [-0.2, 0) is 11.2 Å². The van der Waals surface area contributed by atoms with Gasteiger partial charge < -0.3 is 5.32 Å². The van der Waals surface area contributed by atoms with E-state index < -0.39 is 5.41 Å². The fraction of sp³-hybridized carbons (Fsp3) is 0.529. The number of hydrogen-bond acceptors (Lipinski definition) is 2. The Morgan fingerprint density at radius 1 is 1.20 bits per heavy atom. The number of hydrogen-bond donors (Lipinski definition) is 1. The summed E-state index contributed by atoms with van der Waals surface area (Å²) in [5, 5.41) is 12.3. The number of nitrogens with one attached hydrogen (secondary N) is 1. The molecule has 0 spiro atoms. The molecule has 0 bridgehead atoms. The Hall–Kier alpha value is -1.82. The predicted molar refractivity (Wildman–Crippen MR) is 78.9 cm³/mol. The van der Waals surface area contributed by atoms with Crippen molar-refractivity contribution in [3.63, 3.8) is 0 Å². The van der Waals surface area contributed by atoms with E-state index in [1.165, 1.54) is 5.56 Å². The first-order valence-corrected chi connectivity index (χ1v) is 7.50. The Kier molecular flexibility index (Phi) is 5.17. The second-order valence-corrected chi connectivity index (χ2v) is 5.60. The van der Waals surface area contributed by atoms with Crippen molar-refractivity contribution >= 4 is 5.91 Å². The van der Waals surface area contributed by atoms with Gasteiger partial charge in [0.2, 0.25) is 5.91 Å². The molecule has 1 aliphatic rings. The highest BCUT2D eigenvalue weighted by molar-refractivity contribution is 5.85. The van der Waals surface area contributed by atoms with Crippen molar-refractivity contribution in [3.8, 4) is 6.07 Å². The summed E-state index contributed by atoms with van der Waals surface area (Å²) in [6, 6.07) is 12.5. The van der Waals surface area contributed by atoms with Crippen LogP contribution in [0.25, 0.3) is 0 Å². The third-order valence-corrected chi connectivity index (χ3v) is 4.13. The van der Waals surface area contributed by atoms with Crippen LogP contribution in [0.4, 0.5) is 0 Å². The second kappa shape index (κ2) is 7.09.